The van der Waals surface area contributed by atoms with Crippen molar-refractivity contribution in [2.45, 2.75) is 26.4 Å². The van der Waals surface area contributed by atoms with Crippen LogP contribution in [0.15, 0.2) is 22.7 Å². The van der Waals surface area contributed by atoms with E-state index in [1.807, 2.05) is 13.8 Å². The molecule has 0 saturated heterocycles. The summed E-state index contributed by atoms with van der Waals surface area (Å²) in [6.07, 6.45) is 1.03. The van der Waals surface area contributed by atoms with Gasteiger partial charge < -0.3 is 10.1 Å². The summed E-state index contributed by atoms with van der Waals surface area (Å²) in [4.78, 5) is 10.5. The van der Waals surface area contributed by atoms with Crippen molar-refractivity contribution >= 4 is 27.3 Å². The monoisotopic (exact) mass is 316 g/mol. The number of hydrogen-bond donors (Lipinski definition) is 1. The number of nitrogens with zero attached hydrogens (tertiary/aromatic N) is 1. The minimum atomic E-state index is -0.391. The molecular formula is C12H17BrN2O3. The van der Waals surface area contributed by atoms with E-state index in [4.69, 9.17) is 4.74 Å². The number of benzene rings is 1. The van der Waals surface area contributed by atoms with Crippen LogP contribution in [-0.2, 0) is 4.74 Å². The number of anilines is 1. The highest BCUT2D eigenvalue weighted by molar-refractivity contribution is 9.10. The summed E-state index contributed by atoms with van der Waals surface area (Å²) in [7, 11) is 0. The summed E-state index contributed by atoms with van der Waals surface area (Å²) < 4.78 is 6.09. The predicted octanol–water partition coefficient (Wildman–Crippen LogP) is 3.58. The van der Waals surface area contributed by atoms with Crippen LogP contribution in [0.1, 0.15) is 20.3 Å². The molecule has 0 bridgehead atoms. The molecule has 0 radical (unpaired) electrons. The summed E-state index contributed by atoms with van der Waals surface area (Å²) in [5, 5.41) is 13.9. The maximum atomic E-state index is 10.9. The molecule has 0 fully saturated rings. The Hall–Kier alpha value is -1.14. The van der Waals surface area contributed by atoms with E-state index < -0.39 is 4.92 Å². The van der Waals surface area contributed by atoms with Crippen molar-refractivity contribution in [3.63, 3.8) is 0 Å². The minimum absolute atomic E-state index is 0.0779. The molecule has 1 aromatic rings. The maximum absolute atomic E-state index is 10.9. The molecule has 0 atom stereocenters. The van der Waals surface area contributed by atoms with Gasteiger partial charge in [0.25, 0.3) is 5.69 Å². The van der Waals surface area contributed by atoms with E-state index in [2.05, 4.69) is 21.2 Å². The lowest BCUT2D eigenvalue weighted by Gasteiger charge is -2.09. The number of rotatable bonds is 7. The number of ether oxygens (including phenoxy) is 1. The van der Waals surface area contributed by atoms with Gasteiger partial charge in [0.2, 0.25) is 0 Å². The first-order chi connectivity index (χ1) is 8.50. The lowest BCUT2D eigenvalue weighted by molar-refractivity contribution is -0.384. The van der Waals surface area contributed by atoms with Gasteiger partial charge in [-0.15, -0.1) is 0 Å². The van der Waals surface area contributed by atoms with Crippen molar-refractivity contribution in [2.24, 2.45) is 0 Å². The van der Waals surface area contributed by atoms with Crippen molar-refractivity contribution in [2.75, 3.05) is 18.5 Å². The lowest BCUT2D eigenvalue weighted by atomic mass is 10.2. The number of hydrogen-bond acceptors (Lipinski definition) is 4. The van der Waals surface area contributed by atoms with Crippen LogP contribution in [0.5, 0.6) is 0 Å². The third-order valence-corrected chi connectivity index (χ3v) is 2.74. The van der Waals surface area contributed by atoms with E-state index in [9.17, 15) is 10.1 Å². The van der Waals surface area contributed by atoms with Gasteiger partial charge >= 0.3 is 0 Å². The lowest BCUT2D eigenvalue weighted by Crippen LogP contribution is -2.10. The number of nitrogens with one attached hydrogen (secondary N) is 1. The van der Waals surface area contributed by atoms with E-state index in [1.165, 1.54) is 6.07 Å². The van der Waals surface area contributed by atoms with Gasteiger partial charge in [-0.2, -0.15) is 0 Å². The van der Waals surface area contributed by atoms with Gasteiger partial charge in [0.05, 0.1) is 11.0 Å². The molecule has 1 rings (SSSR count). The second-order valence-corrected chi connectivity index (χ2v) is 5.03. The summed E-state index contributed by atoms with van der Waals surface area (Å²) in [5.74, 6) is 0. The second-order valence-electron chi connectivity index (χ2n) is 4.12. The van der Waals surface area contributed by atoms with E-state index in [0.29, 0.717) is 23.3 Å². The van der Waals surface area contributed by atoms with E-state index in [1.54, 1.807) is 12.1 Å². The average Bonchev–Trinajstić information content (AvgIpc) is 2.29. The van der Waals surface area contributed by atoms with Crippen molar-refractivity contribution in [1.82, 2.24) is 0 Å². The Morgan fingerprint density at radius 3 is 2.83 bits per heavy atom. The van der Waals surface area contributed by atoms with Crippen LogP contribution >= 0.6 is 15.9 Å². The molecular weight excluding hydrogens is 300 g/mol. The van der Waals surface area contributed by atoms with Crippen LogP contribution in [0.25, 0.3) is 0 Å². The smallest absolute Gasteiger partial charge is 0.293 e. The highest BCUT2D eigenvalue weighted by Crippen LogP contribution is 2.27. The van der Waals surface area contributed by atoms with E-state index >= 15 is 0 Å². The normalized spacial score (nSPS) is 10.7. The molecule has 5 nitrogen and oxygen atoms in total. The molecule has 0 unspecified atom stereocenters. The maximum Gasteiger partial charge on any atom is 0.293 e. The molecule has 1 aromatic carbocycles. The van der Waals surface area contributed by atoms with E-state index in [0.717, 1.165) is 6.42 Å². The fourth-order valence-corrected chi connectivity index (χ4v) is 1.77. The summed E-state index contributed by atoms with van der Waals surface area (Å²) >= 11 is 3.22. The first kappa shape index (κ1) is 14.9. The molecule has 0 saturated carbocycles. The summed E-state index contributed by atoms with van der Waals surface area (Å²) in [6, 6.07) is 4.97. The zero-order valence-corrected chi connectivity index (χ0v) is 12.1. The molecule has 0 aliphatic heterocycles. The van der Waals surface area contributed by atoms with Crippen molar-refractivity contribution in [3.8, 4) is 0 Å². The predicted molar refractivity (Wildman–Crippen MR) is 75.0 cm³/mol. The van der Waals surface area contributed by atoms with E-state index in [-0.39, 0.29) is 11.8 Å². The second kappa shape index (κ2) is 7.33. The van der Waals surface area contributed by atoms with Gasteiger partial charge in [-0.3, -0.25) is 10.1 Å². The molecule has 0 spiro atoms. The van der Waals surface area contributed by atoms with Crippen molar-refractivity contribution in [1.29, 1.82) is 0 Å². The van der Waals surface area contributed by atoms with Crippen LogP contribution < -0.4 is 5.32 Å². The fourth-order valence-electron chi connectivity index (χ4n) is 1.42. The molecule has 0 heterocycles. The highest BCUT2D eigenvalue weighted by atomic mass is 79.9. The average molecular weight is 317 g/mol. The molecule has 100 valence electrons. The highest BCUT2D eigenvalue weighted by Gasteiger charge is 2.13. The summed E-state index contributed by atoms with van der Waals surface area (Å²) in [5.41, 5.74) is 0.613. The third kappa shape index (κ3) is 5.01. The molecule has 0 aromatic heterocycles. The Balaban J connectivity index is 2.49. The van der Waals surface area contributed by atoms with Gasteiger partial charge in [0.15, 0.2) is 0 Å². The molecule has 0 amide bonds. The van der Waals surface area contributed by atoms with Crippen LogP contribution in [0.3, 0.4) is 0 Å². The standard InChI is InChI=1S/C12H17BrN2O3/c1-9(2)18-7-3-6-14-11-5-4-10(13)8-12(11)15(16)17/h4-5,8-9,14H,3,6-7H2,1-2H3. The zero-order valence-electron chi connectivity index (χ0n) is 10.5. The molecule has 0 aliphatic carbocycles. The molecule has 1 N–H and O–H groups in total. The van der Waals surface area contributed by atoms with Crippen LogP contribution in [0.2, 0.25) is 0 Å². The van der Waals surface area contributed by atoms with Gasteiger partial charge in [0, 0.05) is 23.7 Å². The fraction of sp³-hybridized carbons (Fsp3) is 0.500. The van der Waals surface area contributed by atoms with Crippen molar-refractivity contribution in [3.05, 3.63) is 32.8 Å². The first-order valence-electron chi connectivity index (χ1n) is 5.80. The van der Waals surface area contributed by atoms with Gasteiger partial charge in [-0.05, 0) is 32.4 Å². The summed E-state index contributed by atoms with van der Waals surface area (Å²) in [6.45, 7) is 5.25. The molecule has 6 heteroatoms. The van der Waals surface area contributed by atoms with Crippen LogP contribution in [0.4, 0.5) is 11.4 Å². The van der Waals surface area contributed by atoms with Gasteiger partial charge in [0.1, 0.15) is 5.69 Å². The Labute approximate surface area is 115 Å². The zero-order chi connectivity index (χ0) is 13.5. The number of nitro benzene ring substituents is 1. The van der Waals surface area contributed by atoms with Crippen LogP contribution in [0, 0.1) is 10.1 Å². The number of nitro groups is 1. The Bertz CT molecular complexity index is 410. The molecule has 0 aliphatic rings. The Kier molecular flexibility index (Phi) is 6.07. The van der Waals surface area contributed by atoms with Crippen molar-refractivity contribution < 1.29 is 9.66 Å². The van der Waals surface area contributed by atoms with Crippen LogP contribution in [-0.4, -0.2) is 24.2 Å². The first-order valence-corrected chi connectivity index (χ1v) is 6.59. The SMILES string of the molecule is CC(C)OCCCNc1ccc(Br)cc1[N+](=O)[O-]. The Morgan fingerprint density at radius 2 is 2.22 bits per heavy atom. The minimum Gasteiger partial charge on any atom is -0.379 e. The molecule has 18 heavy (non-hydrogen) atoms. The topological polar surface area (TPSA) is 64.4 Å². The van der Waals surface area contributed by atoms with Gasteiger partial charge in [-0.25, -0.2) is 0 Å². The largest absolute Gasteiger partial charge is 0.379 e. The quantitative estimate of drug-likeness (QED) is 0.474. The third-order valence-electron chi connectivity index (χ3n) is 2.24. The van der Waals surface area contributed by atoms with Gasteiger partial charge in [-0.1, -0.05) is 15.9 Å². The number of halogens is 1. The Morgan fingerprint density at radius 1 is 1.50 bits per heavy atom.